The summed E-state index contributed by atoms with van der Waals surface area (Å²) in [7, 11) is 0. The highest BCUT2D eigenvalue weighted by atomic mass is 32.1. The van der Waals surface area contributed by atoms with Crippen molar-refractivity contribution in [2.75, 3.05) is 13.1 Å². The number of hydrogen-bond acceptors (Lipinski definition) is 3. The summed E-state index contributed by atoms with van der Waals surface area (Å²) in [4.78, 5) is 4.53. The third-order valence-corrected chi connectivity index (χ3v) is 4.00. The molecule has 0 aliphatic carbocycles. The number of aryl methyl sites for hydroxylation is 1. The molecule has 118 valence electrons. The first kappa shape index (κ1) is 16.5. The zero-order valence-corrected chi connectivity index (χ0v) is 13.9. The van der Waals surface area contributed by atoms with Crippen molar-refractivity contribution in [3.63, 3.8) is 0 Å². The second-order valence-corrected chi connectivity index (χ2v) is 5.91. The van der Waals surface area contributed by atoms with Crippen molar-refractivity contribution in [3.05, 3.63) is 57.8 Å². The number of thiophene rings is 1. The number of aliphatic imine (C=N–C) groups is 1. The first-order chi connectivity index (χ1) is 10.7. The Morgan fingerprint density at radius 1 is 1.23 bits per heavy atom. The summed E-state index contributed by atoms with van der Waals surface area (Å²) in [5, 5.41) is 20.8. The van der Waals surface area contributed by atoms with Crippen LogP contribution in [0.2, 0.25) is 0 Å². The molecule has 1 heterocycles. The molecule has 2 rings (SSSR count). The van der Waals surface area contributed by atoms with Crippen LogP contribution in [-0.4, -0.2) is 24.2 Å². The van der Waals surface area contributed by atoms with E-state index in [0.29, 0.717) is 13.1 Å². The molecule has 1 aromatic carbocycles. The molecule has 4 nitrogen and oxygen atoms in total. The molecule has 0 bridgehead atoms. The highest BCUT2D eigenvalue weighted by Gasteiger charge is 2.08. The van der Waals surface area contributed by atoms with E-state index < -0.39 is 6.10 Å². The van der Waals surface area contributed by atoms with Crippen LogP contribution in [0, 0.1) is 6.92 Å². The summed E-state index contributed by atoms with van der Waals surface area (Å²) in [6.45, 7) is 5.92. The highest BCUT2D eigenvalue weighted by Crippen LogP contribution is 2.12. The fourth-order valence-corrected chi connectivity index (χ4v) is 2.65. The Balaban J connectivity index is 1.90. The Morgan fingerprint density at radius 3 is 2.64 bits per heavy atom. The highest BCUT2D eigenvalue weighted by molar-refractivity contribution is 7.07. The van der Waals surface area contributed by atoms with Gasteiger partial charge in [-0.2, -0.15) is 11.3 Å². The number of nitrogens with one attached hydrogen (secondary N) is 2. The molecule has 1 atom stereocenters. The van der Waals surface area contributed by atoms with E-state index in [4.69, 9.17) is 0 Å². The monoisotopic (exact) mass is 317 g/mol. The first-order valence-electron chi connectivity index (χ1n) is 7.47. The van der Waals surface area contributed by atoms with Gasteiger partial charge in [0.15, 0.2) is 5.96 Å². The molecular formula is C17H23N3OS. The quantitative estimate of drug-likeness (QED) is 0.567. The van der Waals surface area contributed by atoms with E-state index in [9.17, 15) is 5.11 Å². The van der Waals surface area contributed by atoms with E-state index in [1.54, 1.807) is 11.3 Å². The smallest absolute Gasteiger partial charge is 0.191 e. The van der Waals surface area contributed by atoms with Crippen LogP contribution in [-0.2, 0) is 6.54 Å². The van der Waals surface area contributed by atoms with Gasteiger partial charge >= 0.3 is 0 Å². The number of rotatable bonds is 6. The third kappa shape index (κ3) is 5.16. The molecule has 0 fully saturated rings. The Labute approximate surface area is 135 Å². The first-order valence-corrected chi connectivity index (χ1v) is 8.41. The lowest BCUT2D eigenvalue weighted by molar-refractivity contribution is 0.181. The van der Waals surface area contributed by atoms with Gasteiger partial charge in [0, 0.05) is 13.1 Å². The molecule has 0 saturated heterocycles. The van der Waals surface area contributed by atoms with E-state index in [2.05, 4.69) is 27.1 Å². The van der Waals surface area contributed by atoms with Crippen molar-refractivity contribution in [2.45, 2.75) is 26.5 Å². The third-order valence-electron chi connectivity index (χ3n) is 3.27. The largest absolute Gasteiger partial charge is 0.387 e. The maximum atomic E-state index is 10.2. The van der Waals surface area contributed by atoms with Gasteiger partial charge in [-0.15, -0.1) is 0 Å². The predicted octanol–water partition coefficient (Wildman–Crippen LogP) is 2.85. The lowest BCUT2D eigenvalue weighted by Gasteiger charge is -2.15. The summed E-state index contributed by atoms with van der Waals surface area (Å²) in [6, 6.07) is 10.00. The molecule has 0 radical (unpaired) electrons. The van der Waals surface area contributed by atoms with Crippen LogP contribution in [0.4, 0.5) is 0 Å². The van der Waals surface area contributed by atoms with Crippen molar-refractivity contribution < 1.29 is 5.11 Å². The molecule has 1 aromatic heterocycles. The molecule has 0 aliphatic rings. The van der Waals surface area contributed by atoms with Gasteiger partial charge in [0.1, 0.15) is 0 Å². The fourth-order valence-electron chi connectivity index (χ4n) is 1.99. The lowest BCUT2D eigenvalue weighted by atomic mass is 10.1. The van der Waals surface area contributed by atoms with E-state index in [1.807, 2.05) is 43.5 Å². The second-order valence-electron chi connectivity index (χ2n) is 5.13. The molecule has 0 spiro atoms. The van der Waals surface area contributed by atoms with Crippen LogP contribution < -0.4 is 10.6 Å². The number of hydrogen-bond donors (Lipinski definition) is 3. The average molecular weight is 317 g/mol. The normalized spacial score (nSPS) is 13.0. The average Bonchev–Trinajstić information content (AvgIpc) is 3.04. The Kier molecular flexibility index (Phi) is 6.43. The van der Waals surface area contributed by atoms with E-state index >= 15 is 0 Å². The van der Waals surface area contributed by atoms with E-state index in [0.717, 1.165) is 18.1 Å². The summed E-state index contributed by atoms with van der Waals surface area (Å²) in [6.07, 6.45) is -0.550. The van der Waals surface area contributed by atoms with Crippen molar-refractivity contribution >= 4 is 17.3 Å². The minimum absolute atomic E-state index is 0.429. The second kappa shape index (κ2) is 8.56. The Morgan fingerprint density at radius 2 is 2.00 bits per heavy atom. The molecular weight excluding hydrogens is 294 g/mol. The van der Waals surface area contributed by atoms with Gasteiger partial charge in [-0.3, -0.25) is 0 Å². The summed E-state index contributed by atoms with van der Waals surface area (Å²) in [5.74, 6) is 0.722. The zero-order chi connectivity index (χ0) is 15.8. The minimum atomic E-state index is -0.550. The van der Waals surface area contributed by atoms with Crippen LogP contribution in [0.15, 0.2) is 46.1 Å². The van der Waals surface area contributed by atoms with Crippen LogP contribution in [0.3, 0.4) is 0 Å². The Bertz CT molecular complexity index is 578. The molecule has 5 heteroatoms. The number of nitrogens with zero attached hydrogens (tertiary/aromatic N) is 1. The maximum absolute atomic E-state index is 10.2. The van der Waals surface area contributed by atoms with Gasteiger partial charge in [0.25, 0.3) is 0 Å². The summed E-state index contributed by atoms with van der Waals surface area (Å²) in [5.41, 5.74) is 3.29. The number of aliphatic hydroxyl groups excluding tert-OH is 1. The number of benzene rings is 1. The molecule has 2 aromatic rings. The Hall–Kier alpha value is -1.85. The molecule has 0 saturated carbocycles. The molecule has 1 unspecified atom stereocenters. The summed E-state index contributed by atoms with van der Waals surface area (Å²) >= 11 is 1.67. The van der Waals surface area contributed by atoms with Crippen molar-refractivity contribution in [1.82, 2.24) is 10.6 Å². The van der Waals surface area contributed by atoms with Gasteiger partial charge in [-0.1, -0.05) is 29.8 Å². The minimum Gasteiger partial charge on any atom is -0.387 e. The SMILES string of the molecule is CCNC(=NCc1ccsc1)NCC(O)c1ccc(C)cc1. The molecule has 0 amide bonds. The fraction of sp³-hybridized carbons (Fsp3) is 0.353. The maximum Gasteiger partial charge on any atom is 0.191 e. The predicted molar refractivity (Wildman–Crippen MR) is 93.3 cm³/mol. The van der Waals surface area contributed by atoms with E-state index in [1.165, 1.54) is 11.1 Å². The van der Waals surface area contributed by atoms with Gasteiger partial charge in [0.2, 0.25) is 0 Å². The van der Waals surface area contributed by atoms with Crippen LogP contribution >= 0.6 is 11.3 Å². The van der Waals surface area contributed by atoms with E-state index in [-0.39, 0.29) is 0 Å². The van der Waals surface area contributed by atoms with Crippen molar-refractivity contribution in [1.29, 1.82) is 0 Å². The summed E-state index contributed by atoms with van der Waals surface area (Å²) < 4.78 is 0. The zero-order valence-electron chi connectivity index (χ0n) is 13.0. The topological polar surface area (TPSA) is 56.7 Å². The lowest BCUT2D eigenvalue weighted by Crippen LogP contribution is -2.39. The van der Waals surface area contributed by atoms with Crippen LogP contribution in [0.1, 0.15) is 29.7 Å². The van der Waals surface area contributed by atoms with Crippen molar-refractivity contribution in [2.24, 2.45) is 4.99 Å². The number of aliphatic hydroxyl groups is 1. The van der Waals surface area contributed by atoms with Gasteiger partial charge < -0.3 is 15.7 Å². The van der Waals surface area contributed by atoms with Crippen LogP contribution in [0.25, 0.3) is 0 Å². The van der Waals surface area contributed by atoms with Gasteiger partial charge in [-0.25, -0.2) is 4.99 Å². The number of guanidine groups is 1. The van der Waals surface area contributed by atoms with Crippen LogP contribution in [0.5, 0.6) is 0 Å². The molecule has 22 heavy (non-hydrogen) atoms. The van der Waals surface area contributed by atoms with Gasteiger partial charge in [-0.05, 0) is 41.8 Å². The van der Waals surface area contributed by atoms with Gasteiger partial charge in [0.05, 0.1) is 12.6 Å². The van der Waals surface area contributed by atoms with Crippen molar-refractivity contribution in [3.8, 4) is 0 Å². The molecule has 0 aliphatic heterocycles. The standard InChI is InChI=1S/C17H23N3OS/c1-3-18-17(19-10-14-8-9-22-12-14)20-11-16(21)15-6-4-13(2)5-7-15/h4-9,12,16,21H,3,10-11H2,1-2H3,(H2,18,19,20). The molecule has 3 N–H and O–H groups in total.